The molecule has 134 valence electrons. The zero-order valence-electron chi connectivity index (χ0n) is 14.6. The van der Waals surface area contributed by atoms with Crippen LogP contribution >= 0.6 is 0 Å². The average Bonchev–Trinajstić information content (AvgIpc) is 2.94. The summed E-state index contributed by atoms with van der Waals surface area (Å²) in [7, 11) is 0. The third-order valence-corrected chi connectivity index (χ3v) is 4.15. The van der Waals surface area contributed by atoms with E-state index in [2.05, 4.69) is 9.97 Å². The third-order valence-electron chi connectivity index (χ3n) is 4.15. The molecule has 27 heavy (non-hydrogen) atoms. The van der Waals surface area contributed by atoms with Crippen LogP contribution in [0, 0.1) is 6.92 Å². The molecule has 3 heterocycles. The molecule has 0 saturated heterocycles. The summed E-state index contributed by atoms with van der Waals surface area (Å²) >= 11 is 0. The molecule has 3 aromatic heterocycles. The van der Waals surface area contributed by atoms with Crippen LogP contribution in [-0.4, -0.2) is 20.3 Å². The molecule has 7 heteroatoms. The Kier molecular flexibility index (Phi) is 4.25. The van der Waals surface area contributed by atoms with Crippen molar-refractivity contribution < 1.29 is 19.2 Å². The number of benzene rings is 1. The summed E-state index contributed by atoms with van der Waals surface area (Å²) in [6.07, 6.45) is 6.36. The third kappa shape index (κ3) is 3.22. The topological polar surface area (TPSA) is 83.4 Å². The minimum Gasteiger partial charge on any atom is -0.839 e. The van der Waals surface area contributed by atoms with Gasteiger partial charge in [-0.1, -0.05) is 18.2 Å². The van der Waals surface area contributed by atoms with E-state index in [-0.39, 0.29) is 12.2 Å². The van der Waals surface area contributed by atoms with Gasteiger partial charge in [-0.05, 0) is 30.7 Å². The van der Waals surface area contributed by atoms with E-state index in [0.29, 0.717) is 11.4 Å². The van der Waals surface area contributed by atoms with Crippen LogP contribution in [0.4, 0.5) is 0 Å². The summed E-state index contributed by atoms with van der Waals surface area (Å²) in [5, 5.41) is 13.0. The average molecular weight is 360 g/mol. The summed E-state index contributed by atoms with van der Waals surface area (Å²) in [6, 6.07) is 12.5. The highest BCUT2D eigenvalue weighted by molar-refractivity contribution is 5.91. The minimum absolute atomic E-state index is 0.0519. The molecule has 4 aromatic rings. The quantitative estimate of drug-likeness (QED) is 0.314. The van der Waals surface area contributed by atoms with Gasteiger partial charge in [0.1, 0.15) is 24.5 Å². The number of pyridine rings is 1. The molecule has 7 nitrogen and oxygen atoms in total. The van der Waals surface area contributed by atoms with Crippen LogP contribution in [0.3, 0.4) is 0 Å². The second kappa shape index (κ2) is 6.87. The van der Waals surface area contributed by atoms with Crippen LogP contribution < -0.4 is 14.4 Å². The molecule has 4 rings (SSSR count). The Labute approximate surface area is 155 Å². The molecular formula is C20H16N4O3. The van der Waals surface area contributed by atoms with Gasteiger partial charge in [0.15, 0.2) is 0 Å². The maximum atomic E-state index is 13.0. The monoisotopic (exact) mass is 360 g/mol. The van der Waals surface area contributed by atoms with Crippen LogP contribution in [-0.2, 0) is 6.54 Å². The number of nitrogens with zero attached hydrogens (tertiary/aromatic N) is 4. The largest absolute Gasteiger partial charge is 0.839 e. The first kappa shape index (κ1) is 16.7. The maximum absolute atomic E-state index is 13.0. The number of carbonyl (C=O) groups is 1. The van der Waals surface area contributed by atoms with E-state index in [9.17, 15) is 9.90 Å². The molecule has 0 saturated carbocycles. The van der Waals surface area contributed by atoms with Crippen LogP contribution in [0.1, 0.15) is 21.6 Å². The SMILES string of the molecule is Cc1cccc(OC(=O)c2c([O-])[n+](Cc3cncnc3)c3ccccn23)c1. The van der Waals surface area contributed by atoms with Gasteiger partial charge >= 0.3 is 5.97 Å². The smallest absolute Gasteiger partial charge is 0.387 e. The highest BCUT2D eigenvalue weighted by Crippen LogP contribution is 2.19. The second-order valence-electron chi connectivity index (χ2n) is 6.12. The Morgan fingerprint density at radius 2 is 2.00 bits per heavy atom. The van der Waals surface area contributed by atoms with Crippen molar-refractivity contribution in [2.24, 2.45) is 0 Å². The molecule has 0 bridgehead atoms. The standard InChI is InChI=1S/C20H16N4O3/c1-14-5-4-6-16(9-14)27-20(26)18-19(25)24(12-15-10-21-13-22-11-15)17-7-2-3-8-23(17)18/h2-11,13H,12H2,1H3. The first-order valence-electron chi connectivity index (χ1n) is 8.36. The summed E-state index contributed by atoms with van der Waals surface area (Å²) < 4.78 is 8.49. The zero-order chi connectivity index (χ0) is 18.8. The summed E-state index contributed by atoms with van der Waals surface area (Å²) in [4.78, 5) is 20.7. The van der Waals surface area contributed by atoms with Gasteiger partial charge in [-0.3, -0.25) is 0 Å². The van der Waals surface area contributed by atoms with Crippen LogP contribution in [0.5, 0.6) is 11.6 Å². The van der Waals surface area contributed by atoms with Crippen molar-refractivity contribution in [3.8, 4) is 11.6 Å². The van der Waals surface area contributed by atoms with Gasteiger partial charge in [0, 0.05) is 24.0 Å². The van der Waals surface area contributed by atoms with E-state index < -0.39 is 11.8 Å². The lowest BCUT2D eigenvalue weighted by Gasteiger charge is -2.07. The number of hydrogen-bond acceptors (Lipinski definition) is 5. The van der Waals surface area contributed by atoms with Gasteiger partial charge in [0.05, 0.1) is 6.20 Å². The highest BCUT2D eigenvalue weighted by Gasteiger charge is 2.27. The predicted octanol–water partition coefficient (Wildman–Crippen LogP) is 1.67. The van der Waals surface area contributed by atoms with Crippen molar-refractivity contribution in [2.75, 3.05) is 0 Å². The maximum Gasteiger partial charge on any atom is 0.387 e. The number of aromatic nitrogens is 4. The molecular weight excluding hydrogens is 344 g/mol. The first-order chi connectivity index (χ1) is 13.1. The Morgan fingerprint density at radius 1 is 1.19 bits per heavy atom. The normalized spacial score (nSPS) is 10.9. The fraction of sp³-hybridized carbons (Fsp3) is 0.100. The molecule has 0 amide bonds. The van der Waals surface area contributed by atoms with E-state index in [0.717, 1.165) is 11.1 Å². The number of hydrogen-bond donors (Lipinski definition) is 0. The first-order valence-corrected chi connectivity index (χ1v) is 8.36. The van der Waals surface area contributed by atoms with Gasteiger partial charge in [-0.2, -0.15) is 4.40 Å². The molecule has 1 aromatic carbocycles. The Balaban J connectivity index is 1.76. The van der Waals surface area contributed by atoms with Crippen LogP contribution in [0.15, 0.2) is 67.4 Å². The fourth-order valence-electron chi connectivity index (χ4n) is 2.94. The molecule has 0 aliphatic heterocycles. The van der Waals surface area contributed by atoms with E-state index in [1.54, 1.807) is 53.3 Å². The van der Waals surface area contributed by atoms with Crippen molar-refractivity contribution in [1.29, 1.82) is 0 Å². The van der Waals surface area contributed by atoms with Crippen molar-refractivity contribution in [3.05, 3.63) is 84.2 Å². The van der Waals surface area contributed by atoms with E-state index >= 15 is 0 Å². The molecule has 0 unspecified atom stereocenters. The lowest BCUT2D eigenvalue weighted by molar-refractivity contribution is -0.704. The lowest BCUT2D eigenvalue weighted by atomic mass is 10.2. The number of ether oxygens (including phenoxy) is 1. The minimum atomic E-state index is -0.699. The van der Waals surface area contributed by atoms with Crippen LogP contribution in [0.25, 0.3) is 5.65 Å². The summed E-state index contributed by atoms with van der Waals surface area (Å²) in [6.45, 7) is 2.16. The molecule has 0 spiro atoms. The van der Waals surface area contributed by atoms with E-state index in [1.165, 1.54) is 10.9 Å². The number of aryl methyl sites for hydroxylation is 1. The highest BCUT2D eigenvalue weighted by atomic mass is 16.5. The van der Waals surface area contributed by atoms with Crippen molar-refractivity contribution in [1.82, 2.24) is 14.4 Å². The van der Waals surface area contributed by atoms with Crippen LogP contribution in [0.2, 0.25) is 0 Å². The Morgan fingerprint density at radius 3 is 2.78 bits per heavy atom. The number of esters is 1. The van der Waals surface area contributed by atoms with Crippen molar-refractivity contribution in [3.63, 3.8) is 0 Å². The summed E-state index contributed by atoms with van der Waals surface area (Å²) in [5.74, 6) is -0.731. The molecule has 0 fully saturated rings. The van der Waals surface area contributed by atoms with Crippen molar-refractivity contribution in [2.45, 2.75) is 13.5 Å². The predicted molar refractivity (Wildman–Crippen MR) is 94.3 cm³/mol. The Bertz CT molecular complexity index is 1120. The number of carbonyl (C=O) groups excluding carboxylic acids is 1. The van der Waals surface area contributed by atoms with E-state index in [4.69, 9.17) is 4.74 Å². The van der Waals surface area contributed by atoms with Crippen molar-refractivity contribution >= 4 is 11.6 Å². The van der Waals surface area contributed by atoms with Gasteiger partial charge in [0.2, 0.25) is 0 Å². The molecule has 0 aliphatic rings. The lowest BCUT2D eigenvalue weighted by Crippen LogP contribution is -2.37. The zero-order valence-corrected chi connectivity index (χ0v) is 14.6. The Hall–Kier alpha value is -3.74. The number of fused-ring (bicyclic) bond motifs is 1. The van der Waals surface area contributed by atoms with Gasteiger partial charge in [0.25, 0.3) is 11.3 Å². The molecule has 0 aliphatic carbocycles. The van der Waals surface area contributed by atoms with Gasteiger partial charge in [-0.25, -0.2) is 19.3 Å². The molecule has 0 atom stereocenters. The number of rotatable bonds is 4. The molecule has 0 radical (unpaired) electrons. The van der Waals surface area contributed by atoms with E-state index in [1.807, 2.05) is 19.1 Å². The summed E-state index contributed by atoms with van der Waals surface area (Å²) in [5.41, 5.74) is 2.25. The van der Waals surface area contributed by atoms with Gasteiger partial charge < -0.3 is 9.84 Å². The number of imidazole rings is 1. The van der Waals surface area contributed by atoms with Gasteiger partial charge in [-0.15, -0.1) is 0 Å². The second-order valence-corrected chi connectivity index (χ2v) is 6.12. The fourth-order valence-corrected chi connectivity index (χ4v) is 2.94. The molecule has 0 N–H and O–H groups in total.